The second-order valence-corrected chi connectivity index (χ2v) is 13.9. The van der Waals surface area contributed by atoms with E-state index >= 15 is 0 Å². The molecule has 0 bridgehead atoms. The van der Waals surface area contributed by atoms with E-state index in [0.29, 0.717) is 0 Å². The molecular formula is C36H63O7P. The summed E-state index contributed by atoms with van der Waals surface area (Å²) in [6.45, 7) is 9.59. The second-order valence-electron chi connectivity index (χ2n) is 11.9. The lowest BCUT2D eigenvalue weighted by molar-refractivity contribution is 0.0498. The number of benzene rings is 1. The highest BCUT2D eigenvalue weighted by Gasteiger charge is 2.30. The van der Waals surface area contributed by atoms with Crippen molar-refractivity contribution in [1.82, 2.24) is 0 Å². The topological polar surface area (TPSA) is 88.1 Å². The predicted octanol–water partition coefficient (Wildman–Crippen LogP) is 10.7. The quantitative estimate of drug-likeness (QED) is 0.0490. The summed E-state index contributed by atoms with van der Waals surface area (Å²) in [6, 6.07) is 4.45. The minimum absolute atomic E-state index is 0.146. The van der Waals surface area contributed by atoms with Gasteiger partial charge in [-0.25, -0.2) is 9.59 Å². The van der Waals surface area contributed by atoms with Crippen molar-refractivity contribution in [2.24, 2.45) is 0 Å². The number of unbranched alkanes of at least 4 members (excludes halogenated alkanes) is 16. The Bertz CT molecular complexity index is 867. The Morgan fingerprint density at radius 1 is 0.477 bits per heavy atom. The summed E-state index contributed by atoms with van der Waals surface area (Å²) in [5.74, 6) is -1.14. The zero-order valence-corrected chi connectivity index (χ0v) is 29.4. The average Bonchev–Trinajstić information content (AvgIpc) is 3.03. The SMILES string of the molecule is CCCCCCCCCCOP(=O)(OCCCCCCCCCC)c1cc(C(=O)OCCCC)cc(C(=O)OCCCC)c1. The third-order valence-corrected chi connectivity index (χ3v) is 9.62. The number of hydrogen-bond acceptors (Lipinski definition) is 7. The molecule has 1 rings (SSSR count). The maximum absolute atomic E-state index is 14.4. The van der Waals surface area contributed by atoms with E-state index in [0.717, 1.165) is 64.2 Å². The Balaban J connectivity index is 3.04. The van der Waals surface area contributed by atoms with Gasteiger partial charge in [0.15, 0.2) is 0 Å². The Morgan fingerprint density at radius 3 is 1.18 bits per heavy atom. The lowest BCUT2D eigenvalue weighted by Gasteiger charge is -2.20. The number of hydrogen-bond donors (Lipinski definition) is 0. The monoisotopic (exact) mass is 638 g/mol. The maximum atomic E-state index is 14.4. The smallest absolute Gasteiger partial charge is 0.361 e. The summed E-state index contributed by atoms with van der Waals surface area (Å²) in [6.07, 6.45) is 21.4. The Hall–Kier alpha value is -1.69. The minimum Gasteiger partial charge on any atom is -0.462 e. The van der Waals surface area contributed by atoms with Crippen molar-refractivity contribution < 1.29 is 32.7 Å². The largest absolute Gasteiger partial charge is 0.462 e. The third kappa shape index (κ3) is 18.3. The number of carbonyl (C=O) groups excluding carboxylic acids is 2. The maximum Gasteiger partial charge on any atom is 0.361 e. The van der Waals surface area contributed by atoms with Crippen molar-refractivity contribution in [3.05, 3.63) is 29.3 Å². The van der Waals surface area contributed by atoms with E-state index in [1.54, 1.807) is 0 Å². The fraction of sp³-hybridized carbons (Fsp3) is 0.778. The molecule has 0 aliphatic carbocycles. The third-order valence-electron chi connectivity index (χ3n) is 7.69. The van der Waals surface area contributed by atoms with Gasteiger partial charge in [0.05, 0.1) is 42.9 Å². The molecule has 0 fully saturated rings. The molecule has 0 aliphatic rings. The molecule has 44 heavy (non-hydrogen) atoms. The van der Waals surface area contributed by atoms with Crippen LogP contribution in [0, 0.1) is 0 Å². The van der Waals surface area contributed by atoms with Crippen molar-refractivity contribution in [2.75, 3.05) is 26.4 Å². The van der Waals surface area contributed by atoms with Crippen LogP contribution in [0.15, 0.2) is 18.2 Å². The van der Waals surface area contributed by atoms with Crippen molar-refractivity contribution >= 4 is 24.8 Å². The minimum atomic E-state index is -3.82. The molecule has 1 aromatic rings. The Morgan fingerprint density at radius 2 is 0.818 bits per heavy atom. The standard InChI is InChI=1S/C36H63O7P/c1-5-9-13-15-17-19-21-23-27-42-44(39,43-28-24-22-20-18-16-14-10-6-2)34-30-32(35(37)40-25-11-7-3)29-33(31-34)36(38)41-26-12-8-4/h29-31H,5-28H2,1-4H3. The van der Waals surface area contributed by atoms with Crippen molar-refractivity contribution in [3.8, 4) is 0 Å². The zero-order chi connectivity index (χ0) is 32.3. The van der Waals surface area contributed by atoms with Gasteiger partial charge in [-0.05, 0) is 43.9 Å². The van der Waals surface area contributed by atoms with Crippen molar-refractivity contribution in [2.45, 2.75) is 156 Å². The summed E-state index contributed by atoms with van der Waals surface area (Å²) in [4.78, 5) is 25.9. The van der Waals surface area contributed by atoms with Crippen molar-refractivity contribution in [3.63, 3.8) is 0 Å². The lowest BCUT2D eigenvalue weighted by Crippen LogP contribution is -2.19. The van der Waals surface area contributed by atoms with Crippen LogP contribution in [0.3, 0.4) is 0 Å². The van der Waals surface area contributed by atoms with Crippen LogP contribution in [-0.4, -0.2) is 38.4 Å². The molecule has 7 nitrogen and oxygen atoms in total. The highest BCUT2D eigenvalue weighted by Crippen LogP contribution is 2.48. The second kappa shape index (κ2) is 26.5. The molecule has 0 amide bonds. The van der Waals surface area contributed by atoms with Crippen LogP contribution in [0.5, 0.6) is 0 Å². The molecule has 8 heteroatoms. The van der Waals surface area contributed by atoms with Crippen LogP contribution < -0.4 is 5.30 Å². The lowest BCUT2D eigenvalue weighted by atomic mass is 10.1. The van der Waals surface area contributed by atoms with Gasteiger partial charge in [0.1, 0.15) is 0 Å². The van der Waals surface area contributed by atoms with Gasteiger partial charge in [0, 0.05) is 0 Å². The van der Waals surface area contributed by atoms with Crippen LogP contribution in [0.1, 0.15) is 177 Å². The average molecular weight is 639 g/mol. The molecule has 0 atom stereocenters. The van der Waals surface area contributed by atoms with Gasteiger partial charge in [-0.1, -0.05) is 130 Å². The summed E-state index contributed by atoms with van der Waals surface area (Å²) < 4.78 is 37.3. The summed E-state index contributed by atoms with van der Waals surface area (Å²) >= 11 is 0. The molecule has 0 saturated carbocycles. The number of carbonyl (C=O) groups is 2. The summed E-state index contributed by atoms with van der Waals surface area (Å²) in [5, 5.41) is 0.198. The first-order valence-corrected chi connectivity index (χ1v) is 19.3. The normalized spacial score (nSPS) is 11.5. The molecule has 0 saturated heterocycles. The van der Waals surface area contributed by atoms with Crippen LogP contribution in [0.2, 0.25) is 0 Å². The first-order valence-electron chi connectivity index (χ1n) is 17.8. The summed E-state index contributed by atoms with van der Waals surface area (Å²) in [7, 11) is -3.82. The van der Waals surface area contributed by atoms with Gasteiger partial charge in [0.2, 0.25) is 0 Å². The van der Waals surface area contributed by atoms with Gasteiger partial charge >= 0.3 is 19.5 Å². The van der Waals surface area contributed by atoms with Crippen LogP contribution in [0.25, 0.3) is 0 Å². The van der Waals surface area contributed by atoms with Gasteiger partial charge in [-0.3, -0.25) is 4.57 Å². The van der Waals surface area contributed by atoms with Gasteiger partial charge < -0.3 is 18.5 Å². The Kier molecular flexibility index (Phi) is 24.3. The fourth-order valence-electron chi connectivity index (χ4n) is 4.82. The Labute approximate surface area is 269 Å². The van der Waals surface area contributed by atoms with Gasteiger partial charge in [0.25, 0.3) is 0 Å². The van der Waals surface area contributed by atoms with Crippen LogP contribution in [-0.2, 0) is 23.1 Å². The highest BCUT2D eigenvalue weighted by molar-refractivity contribution is 7.62. The summed E-state index contributed by atoms with van der Waals surface area (Å²) in [5.41, 5.74) is 0.292. The van der Waals surface area contributed by atoms with Crippen molar-refractivity contribution in [1.29, 1.82) is 0 Å². The van der Waals surface area contributed by atoms with Crippen LogP contribution >= 0.6 is 7.60 Å². The molecule has 0 spiro atoms. The first-order chi connectivity index (χ1) is 21.4. The first kappa shape index (κ1) is 40.3. The van der Waals surface area contributed by atoms with E-state index in [1.807, 2.05) is 13.8 Å². The molecule has 0 heterocycles. The molecule has 0 aliphatic heterocycles. The van der Waals surface area contributed by atoms with E-state index < -0.39 is 19.5 Å². The number of rotatable bonds is 29. The molecule has 254 valence electrons. The van der Waals surface area contributed by atoms with E-state index in [9.17, 15) is 14.2 Å². The molecule has 0 radical (unpaired) electrons. The molecule has 0 unspecified atom stereocenters. The molecular weight excluding hydrogens is 575 g/mol. The highest BCUT2D eigenvalue weighted by atomic mass is 31.2. The predicted molar refractivity (Wildman–Crippen MR) is 181 cm³/mol. The van der Waals surface area contributed by atoms with E-state index in [4.69, 9.17) is 18.5 Å². The van der Waals surface area contributed by atoms with E-state index in [-0.39, 0.29) is 42.9 Å². The number of esters is 2. The molecule has 0 aromatic heterocycles. The fourth-order valence-corrected chi connectivity index (χ4v) is 6.52. The molecule has 0 N–H and O–H groups in total. The van der Waals surface area contributed by atoms with Gasteiger partial charge in [-0.15, -0.1) is 0 Å². The van der Waals surface area contributed by atoms with E-state index in [1.165, 1.54) is 82.4 Å². The number of ether oxygens (including phenoxy) is 2. The van der Waals surface area contributed by atoms with Crippen LogP contribution in [0.4, 0.5) is 0 Å². The molecule has 1 aromatic carbocycles. The zero-order valence-electron chi connectivity index (χ0n) is 28.5. The van der Waals surface area contributed by atoms with E-state index in [2.05, 4.69) is 13.8 Å². The van der Waals surface area contributed by atoms with Gasteiger partial charge in [-0.2, -0.15) is 0 Å².